The SMILES string of the molecule is NNC(=O)/C=C/c1ccc(C(F)(F)F)cc1. The number of hydrogen-bond donors (Lipinski definition) is 2. The van der Waals surface area contributed by atoms with Crippen LogP contribution in [0, 0.1) is 0 Å². The highest BCUT2D eigenvalue weighted by molar-refractivity contribution is 5.91. The average Bonchev–Trinajstić information content (AvgIpc) is 2.25. The van der Waals surface area contributed by atoms with E-state index in [2.05, 4.69) is 0 Å². The maximum atomic E-state index is 12.2. The van der Waals surface area contributed by atoms with Gasteiger partial charge in [-0.15, -0.1) is 0 Å². The number of rotatable bonds is 2. The van der Waals surface area contributed by atoms with Crippen LogP contribution in [0.15, 0.2) is 30.3 Å². The Bertz CT molecular complexity index is 396. The summed E-state index contributed by atoms with van der Waals surface area (Å²) in [7, 11) is 0. The summed E-state index contributed by atoms with van der Waals surface area (Å²) in [6.07, 6.45) is -1.86. The molecule has 6 heteroatoms. The van der Waals surface area contributed by atoms with E-state index in [4.69, 9.17) is 5.84 Å². The molecular formula is C10H9F3N2O. The van der Waals surface area contributed by atoms with Crippen molar-refractivity contribution in [3.63, 3.8) is 0 Å². The van der Waals surface area contributed by atoms with Gasteiger partial charge >= 0.3 is 6.18 Å². The summed E-state index contributed by atoms with van der Waals surface area (Å²) in [5.41, 5.74) is 1.62. The van der Waals surface area contributed by atoms with Gasteiger partial charge in [0.1, 0.15) is 0 Å². The zero-order valence-electron chi connectivity index (χ0n) is 8.08. The molecule has 3 nitrogen and oxygen atoms in total. The number of hydrazine groups is 1. The lowest BCUT2D eigenvalue weighted by Gasteiger charge is -2.05. The van der Waals surface area contributed by atoms with Gasteiger partial charge in [-0.1, -0.05) is 12.1 Å². The fourth-order valence-corrected chi connectivity index (χ4v) is 1.00. The zero-order valence-corrected chi connectivity index (χ0v) is 8.08. The number of nitrogens with one attached hydrogen (secondary N) is 1. The summed E-state index contributed by atoms with van der Waals surface area (Å²) in [6, 6.07) is 4.42. The van der Waals surface area contributed by atoms with Gasteiger partial charge in [0.05, 0.1) is 5.56 Å². The molecule has 0 saturated carbocycles. The van der Waals surface area contributed by atoms with E-state index in [-0.39, 0.29) is 0 Å². The normalized spacial score (nSPS) is 11.8. The Morgan fingerprint density at radius 2 is 1.81 bits per heavy atom. The highest BCUT2D eigenvalue weighted by Gasteiger charge is 2.29. The summed E-state index contributed by atoms with van der Waals surface area (Å²) in [4.78, 5) is 10.7. The Labute approximate surface area is 89.7 Å². The van der Waals surface area contributed by atoms with E-state index in [9.17, 15) is 18.0 Å². The topological polar surface area (TPSA) is 55.1 Å². The minimum Gasteiger partial charge on any atom is -0.291 e. The molecule has 0 bridgehead atoms. The van der Waals surface area contributed by atoms with Crippen molar-refractivity contribution in [2.45, 2.75) is 6.18 Å². The molecule has 0 unspecified atom stereocenters. The summed E-state index contributed by atoms with van der Waals surface area (Å²) in [5, 5.41) is 0. The predicted octanol–water partition coefficient (Wildman–Crippen LogP) is 1.71. The van der Waals surface area contributed by atoms with Crippen LogP contribution in [0.1, 0.15) is 11.1 Å². The van der Waals surface area contributed by atoms with Gasteiger partial charge in [0.2, 0.25) is 0 Å². The Balaban J connectivity index is 2.80. The monoisotopic (exact) mass is 230 g/mol. The maximum absolute atomic E-state index is 12.2. The third kappa shape index (κ3) is 3.39. The van der Waals surface area contributed by atoms with E-state index in [1.807, 2.05) is 5.43 Å². The average molecular weight is 230 g/mol. The van der Waals surface area contributed by atoms with Gasteiger partial charge in [-0.3, -0.25) is 10.2 Å². The molecule has 0 aliphatic heterocycles. The van der Waals surface area contributed by atoms with Crippen LogP contribution in [-0.2, 0) is 11.0 Å². The van der Waals surface area contributed by atoms with Crippen molar-refractivity contribution in [2.24, 2.45) is 5.84 Å². The summed E-state index contributed by atoms with van der Waals surface area (Å²) >= 11 is 0. The van der Waals surface area contributed by atoms with Crippen molar-refractivity contribution in [3.05, 3.63) is 41.5 Å². The van der Waals surface area contributed by atoms with Gasteiger partial charge in [-0.25, -0.2) is 5.84 Å². The van der Waals surface area contributed by atoms with Crippen molar-refractivity contribution in [2.75, 3.05) is 0 Å². The third-order valence-corrected chi connectivity index (χ3v) is 1.81. The van der Waals surface area contributed by atoms with Crippen LogP contribution in [0.2, 0.25) is 0 Å². The van der Waals surface area contributed by atoms with Crippen LogP contribution in [0.4, 0.5) is 13.2 Å². The molecule has 1 aromatic carbocycles. The highest BCUT2D eigenvalue weighted by atomic mass is 19.4. The molecule has 0 atom stereocenters. The van der Waals surface area contributed by atoms with E-state index >= 15 is 0 Å². The Morgan fingerprint density at radius 1 is 1.25 bits per heavy atom. The van der Waals surface area contributed by atoms with E-state index in [0.717, 1.165) is 18.2 Å². The van der Waals surface area contributed by atoms with Crippen LogP contribution in [-0.4, -0.2) is 5.91 Å². The maximum Gasteiger partial charge on any atom is 0.416 e. The van der Waals surface area contributed by atoms with Crippen molar-refractivity contribution in [1.82, 2.24) is 5.43 Å². The fourth-order valence-electron chi connectivity index (χ4n) is 1.00. The molecule has 0 aliphatic rings. The van der Waals surface area contributed by atoms with Gasteiger partial charge in [-0.05, 0) is 23.8 Å². The second kappa shape index (κ2) is 4.80. The molecule has 1 aromatic rings. The number of nitrogens with two attached hydrogens (primary N) is 1. The van der Waals surface area contributed by atoms with E-state index in [1.54, 1.807) is 0 Å². The lowest BCUT2D eigenvalue weighted by atomic mass is 10.1. The summed E-state index contributed by atoms with van der Waals surface area (Å²) < 4.78 is 36.6. The molecule has 0 fully saturated rings. The Kier molecular flexibility index (Phi) is 3.68. The van der Waals surface area contributed by atoms with Crippen molar-refractivity contribution in [3.8, 4) is 0 Å². The first-order valence-corrected chi connectivity index (χ1v) is 4.29. The largest absolute Gasteiger partial charge is 0.416 e. The number of alkyl halides is 3. The van der Waals surface area contributed by atoms with Gasteiger partial charge in [-0.2, -0.15) is 13.2 Å². The molecule has 0 aliphatic carbocycles. The Morgan fingerprint density at radius 3 is 2.25 bits per heavy atom. The predicted molar refractivity (Wildman–Crippen MR) is 52.8 cm³/mol. The summed E-state index contributed by atoms with van der Waals surface area (Å²) in [6.45, 7) is 0. The fraction of sp³-hybridized carbons (Fsp3) is 0.100. The van der Waals surface area contributed by atoms with Gasteiger partial charge in [0, 0.05) is 6.08 Å². The number of carbonyl (C=O) groups is 1. The molecule has 0 aromatic heterocycles. The van der Waals surface area contributed by atoms with Gasteiger partial charge in [0.25, 0.3) is 5.91 Å². The number of hydrogen-bond acceptors (Lipinski definition) is 2. The Hall–Kier alpha value is -1.82. The molecule has 0 spiro atoms. The minimum atomic E-state index is -4.35. The lowest BCUT2D eigenvalue weighted by Crippen LogP contribution is -2.27. The van der Waals surface area contributed by atoms with E-state index in [1.165, 1.54) is 18.2 Å². The first-order chi connectivity index (χ1) is 7.43. The van der Waals surface area contributed by atoms with Crippen molar-refractivity contribution >= 4 is 12.0 Å². The molecule has 1 amide bonds. The minimum absolute atomic E-state index is 0.483. The molecule has 0 saturated heterocycles. The van der Waals surface area contributed by atoms with Gasteiger partial charge in [0.15, 0.2) is 0 Å². The molecule has 3 N–H and O–H groups in total. The van der Waals surface area contributed by atoms with Crippen LogP contribution in [0.3, 0.4) is 0 Å². The standard InChI is InChI=1S/C10H9F3N2O/c11-10(12,13)8-4-1-7(2-5-8)3-6-9(16)15-14/h1-6H,14H2,(H,15,16)/b6-3+. The highest BCUT2D eigenvalue weighted by Crippen LogP contribution is 2.29. The second-order valence-corrected chi connectivity index (χ2v) is 2.96. The molecule has 16 heavy (non-hydrogen) atoms. The number of halogens is 3. The smallest absolute Gasteiger partial charge is 0.291 e. The van der Waals surface area contributed by atoms with Gasteiger partial charge < -0.3 is 0 Å². The lowest BCUT2D eigenvalue weighted by molar-refractivity contribution is -0.137. The first kappa shape index (κ1) is 12.3. The summed E-state index contributed by atoms with van der Waals surface area (Å²) in [5.74, 6) is 4.29. The quantitative estimate of drug-likeness (QED) is 0.351. The molecule has 1 rings (SSSR count). The molecule has 0 heterocycles. The van der Waals surface area contributed by atoms with E-state index < -0.39 is 17.6 Å². The molecule has 0 radical (unpaired) electrons. The third-order valence-electron chi connectivity index (χ3n) is 1.81. The van der Waals surface area contributed by atoms with E-state index in [0.29, 0.717) is 5.56 Å². The first-order valence-electron chi connectivity index (χ1n) is 4.29. The molecular weight excluding hydrogens is 221 g/mol. The molecule has 86 valence electrons. The van der Waals surface area contributed by atoms with Crippen molar-refractivity contribution in [1.29, 1.82) is 0 Å². The van der Waals surface area contributed by atoms with Crippen LogP contribution >= 0.6 is 0 Å². The zero-order chi connectivity index (χ0) is 12.2. The second-order valence-electron chi connectivity index (χ2n) is 2.96. The van der Waals surface area contributed by atoms with Crippen molar-refractivity contribution < 1.29 is 18.0 Å². The number of amides is 1. The van der Waals surface area contributed by atoms with Crippen LogP contribution < -0.4 is 11.3 Å². The number of benzene rings is 1. The van der Waals surface area contributed by atoms with Crippen LogP contribution in [0.25, 0.3) is 6.08 Å². The number of carbonyl (C=O) groups excluding carboxylic acids is 1. The van der Waals surface area contributed by atoms with Crippen LogP contribution in [0.5, 0.6) is 0 Å².